The Morgan fingerprint density at radius 2 is 1.80 bits per heavy atom. The molecule has 0 unspecified atom stereocenters. The number of benzene rings is 1. The summed E-state index contributed by atoms with van der Waals surface area (Å²) in [5, 5.41) is 0. The van der Waals surface area contributed by atoms with Gasteiger partial charge >= 0.3 is 0 Å². The minimum atomic E-state index is 0.0555. The van der Waals surface area contributed by atoms with Crippen LogP contribution < -0.4 is 11.5 Å². The van der Waals surface area contributed by atoms with Crippen molar-refractivity contribution in [1.29, 1.82) is 0 Å². The smallest absolute Gasteiger partial charge is 0.0218 e. The molecule has 15 heavy (non-hydrogen) atoms. The summed E-state index contributed by atoms with van der Waals surface area (Å²) in [6, 6.07) is 11.1. The highest BCUT2D eigenvalue weighted by molar-refractivity contribution is 5.29. The topological polar surface area (TPSA) is 52.0 Å². The molecule has 0 radical (unpaired) electrons. The minimum absolute atomic E-state index is 0.0555. The highest BCUT2D eigenvalue weighted by atomic mass is 14.9. The highest BCUT2D eigenvalue weighted by Gasteiger charge is 2.55. The van der Waals surface area contributed by atoms with Crippen molar-refractivity contribution in [2.75, 3.05) is 0 Å². The zero-order valence-corrected chi connectivity index (χ0v) is 8.89. The Balaban J connectivity index is 1.70. The molecular weight excluding hydrogens is 184 g/mol. The molecule has 3 rings (SSSR count). The van der Waals surface area contributed by atoms with Gasteiger partial charge in [0, 0.05) is 11.6 Å². The standard InChI is InChI=1S/C13H18N2/c14-10-7-13(15,8-10)12-6-11(12)9-4-2-1-3-5-9/h1-5,10-12H,6-8,14-15H2/t10?,11-,12-,13?/m1/s1. The molecule has 1 aromatic rings. The summed E-state index contributed by atoms with van der Waals surface area (Å²) < 4.78 is 0. The third-order valence-corrected chi connectivity index (χ3v) is 4.04. The summed E-state index contributed by atoms with van der Waals surface area (Å²) in [5.74, 6) is 1.38. The normalized spacial score (nSPS) is 43.5. The summed E-state index contributed by atoms with van der Waals surface area (Å²) >= 11 is 0. The van der Waals surface area contributed by atoms with E-state index in [0.717, 1.165) is 12.8 Å². The van der Waals surface area contributed by atoms with Crippen LogP contribution in [0.5, 0.6) is 0 Å². The van der Waals surface area contributed by atoms with E-state index in [1.165, 1.54) is 12.0 Å². The van der Waals surface area contributed by atoms with Gasteiger partial charge in [0.1, 0.15) is 0 Å². The summed E-state index contributed by atoms with van der Waals surface area (Å²) in [6.07, 6.45) is 3.29. The van der Waals surface area contributed by atoms with Crippen LogP contribution in [-0.4, -0.2) is 11.6 Å². The number of nitrogens with two attached hydrogens (primary N) is 2. The van der Waals surface area contributed by atoms with Crippen LogP contribution in [0.1, 0.15) is 30.7 Å². The van der Waals surface area contributed by atoms with Gasteiger partial charge in [-0.1, -0.05) is 30.3 Å². The Morgan fingerprint density at radius 3 is 2.40 bits per heavy atom. The van der Waals surface area contributed by atoms with Crippen molar-refractivity contribution in [3.63, 3.8) is 0 Å². The number of rotatable bonds is 2. The van der Waals surface area contributed by atoms with Crippen LogP contribution in [0, 0.1) is 5.92 Å². The first-order valence-electron chi connectivity index (χ1n) is 5.78. The number of hydrogen-bond acceptors (Lipinski definition) is 2. The molecule has 0 aromatic heterocycles. The van der Waals surface area contributed by atoms with Gasteiger partial charge in [-0.3, -0.25) is 0 Å². The van der Waals surface area contributed by atoms with E-state index >= 15 is 0 Å². The maximum absolute atomic E-state index is 6.35. The van der Waals surface area contributed by atoms with E-state index in [1.807, 2.05) is 0 Å². The molecule has 0 amide bonds. The minimum Gasteiger partial charge on any atom is -0.328 e. The third-order valence-electron chi connectivity index (χ3n) is 4.04. The van der Waals surface area contributed by atoms with E-state index in [0.29, 0.717) is 17.9 Å². The van der Waals surface area contributed by atoms with E-state index in [4.69, 9.17) is 11.5 Å². The van der Waals surface area contributed by atoms with Crippen molar-refractivity contribution in [3.05, 3.63) is 35.9 Å². The van der Waals surface area contributed by atoms with Crippen molar-refractivity contribution in [1.82, 2.24) is 0 Å². The van der Waals surface area contributed by atoms with Crippen LogP contribution in [0.15, 0.2) is 30.3 Å². The maximum atomic E-state index is 6.35. The fourth-order valence-electron chi connectivity index (χ4n) is 3.12. The van der Waals surface area contributed by atoms with E-state index in [9.17, 15) is 0 Å². The summed E-state index contributed by atoms with van der Waals surface area (Å²) in [4.78, 5) is 0. The fourth-order valence-corrected chi connectivity index (χ4v) is 3.12. The molecule has 2 aliphatic rings. The SMILES string of the molecule is NC1CC(N)([C@@H]2C[C@@H]2c2ccccc2)C1. The predicted octanol–water partition coefficient (Wildman–Crippen LogP) is 1.61. The molecule has 2 heteroatoms. The maximum Gasteiger partial charge on any atom is 0.0218 e. The van der Waals surface area contributed by atoms with Gasteiger partial charge in [-0.2, -0.15) is 0 Å². The Morgan fingerprint density at radius 1 is 1.13 bits per heavy atom. The van der Waals surface area contributed by atoms with Crippen LogP contribution >= 0.6 is 0 Å². The Hall–Kier alpha value is -0.860. The molecule has 1 aromatic carbocycles. The van der Waals surface area contributed by atoms with Crippen molar-refractivity contribution in [2.24, 2.45) is 17.4 Å². The van der Waals surface area contributed by atoms with Gasteiger partial charge in [-0.25, -0.2) is 0 Å². The molecule has 2 atom stereocenters. The van der Waals surface area contributed by atoms with Gasteiger partial charge in [-0.15, -0.1) is 0 Å². The highest BCUT2D eigenvalue weighted by Crippen LogP contribution is 2.57. The van der Waals surface area contributed by atoms with Crippen LogP contribution in [0.3, 0.4) is 0 Å². The molecular formula is C13H18N2. The summed E-state index contributed by atoms with van der Waals surface area (Å²) in [7, 11) is 0. The van der Waals surface area contributed by atoms with Crippen molar-refractivity contribution in [3.8, 4) is 0 Å². The quantitative estimate of drug-likeness (QED) is 0.765. The van der Waals surface area contributed by atoms with Gasteiger partial charge in [0.25, 0.3) is 0 Å². The third kappa shape index (κ3) is 1.48. The first kappa shape index (κ1) is 9.37. The lowest BCUT2D eigenvalue weighted by Gasteiger charge is -2.44. The van der Waals surface area contributed by atoms with Crippen LogP contribution in [0.25, 0.3) is 0 Å². The van der Waals surface area contributed by atoms with Crippen molar-refractivity contribution < 1.29 is 0 Å². The van der Waals surface area contributed by atoms with E-state index in [-0.39, 0.29) is 5.54 Å². The van der Waals surface area contributed by atoms with Crippen LogP contribution in [-0.2, 0) is 0 Å². The molecule has 0 heterocycles. The van der Waals surface area contributed by atoms with E-state index in [2.05, 4.69) is 30.3 Å². The Kier molecular flexibility index (Phi) is 1.91. The zero-order valence-electron chi connectivity index (χ0n) is 8.89. The average Bonchev–Trinajstić information content (AvgIpc) is 2.97. The van der Waals surface area contributed by atoms with E-state index in [1.54, 1.807) is 0 Å². The van der Waals surface area contributed by atoms with Gasteiger partial charge < -0.3 is 11.5 Å². The zero-order chi connectivity index (χ0) is 10.5. The molecule has 2 saturated carbocycles. The molecule has 2 aliphatic carbocycles. The average molecular weight is 202 g/mol. The van der Waals surface area contributed by atoms with E-state index < -0.39 is 0 Å². The number of hydrogen-bond donors (Lipinski definition) is 2. The largest absolute Gasteiger partial charge is 0.328 e. The van der Waals surface area contributed by atoms with Gasteiger partial charge in [0.05, 0.1) is 0 Å². The molecule has 4 N–H and O–H groups in total. The fraction of sp³-hybridized carbons (Fsp3) is 0.538. The molecule has 80 valence electrons. The Labute approximate surface area is 90.7 Å². The monoisotopic (exact) mass is 202 g/mol. The van der Waals surface area contributed by atoms with Crippen molar-refractivity contribution in [2.45, 2.75) is 36.8 Å². The first-order valence-corrected chi connectivity index (χ1v) is 5.78. The summed E-state index contributed by atoms with van der Waals surface area (Å²) in [6.45, 7) is 0. The lowest BCUT2D eigenvalue weighted by atomic mass is 9.70. The second-order valence-electron chi connectivity index (χ2n) is 5.26. The van der Waals surface area contributed by atoms with Crippen LogP contribution in [0.4, 0.5) is 0 Å². The second kappa shape index (κ2) is 3.06. The van der Waals surface area contributed by atoms with Gasteiger partial charge in [-0.05, 0) is 36.7 Å². The van der Waals surface area contributed by atoms with Crippen molar-refractivity contribution >= 4 is 0 Å². The molecule has 0 spiro atoms. The first-order chi connectivity index (χ1) is 7.19. The second-order valence-corrected chi connectivity index (χ2v) is 5.26. The Bertz CT molecular complexity index is 354. The van der Waals surface area contributed by atoms with Crippen LogP contribution in [0.2, 0.25) is 0 Å². The molecule has 0 bridgehead atoms. The van der Waals surface area contributed by atoms with Gasteiger partial charge in [0.15, 0.2) is 0 Å². The van der Waals surface area contributed by atoms with Gasteiger partial charge in [0.2, 0.25) is 0 Å². The molecule has 0 saturated heterocycles. The lowest BCUT2D eigenvalue weighted by molar-refractivity contribution is 0.176. The molecule has 0 aliphatic heterocycles. The summed E-state index contributed by atoms with van der Waals surface area (Å²) in [5.41, 5.74) is 13.7. The molecule has 2 fully saturated rings. The molecule has 2 nitrogen and oxygen atoms in total. The predicted molar refractivity (Wildman–Crippen MR) is 61.4 cm³/mol. The lowest BCUT2D eigenvalue weighted by Crippen LogP contribution is -2.59.